The van der Waals surface area contributed by atoms with Crippen LogP contribution in [0.25, 0.3) is 10.9 Å². The second-order valence-electron chi connectivity index (χ2n) is 3.75. The Labute approximate surface area is 92.1 Å². The second kappa shape index (κ2) is 3.42. The van der Waals surface area contributed by atoms with Crippen molar-refractivity contribution in [3.63, 3.8) is 0 Å². The van der Waals surface area contributed by atoms with Crippen molar-refractivity contribution in [2.45, 2.75) is 17.7 Å². The molecule has 2 aromatic rings. The minimum atomic E-state index is 0.256. The van der Waals surface area contributed by atoms with Crippen LogP contribution in [0.15, 0.2) is 29.2 Å². The molecule has 0 unspecified atom stereocenters. The Morgan fingerprint density at radius 1 is 1.27 bits per heavy atom. The van der Waals surface area contributed by atoms with Gasteiger partial charge in [0.2, 0.25) is 0 Å². The first-order chi connectivity index (χ1) is 7.36. The predicted molar refractivity (Wildman–Crippen MR) is 62.6 cm³/mol. The molecule has 0 saturated heterocycles. The number of H-pyrrole nitrogens is 1. The predicted octanol–water partition coefficient (Wildman–Crippen LogP) is 3.24. The standard InChI is InChI=1S/C12H11NOS/c14-10-6-3-7-15-12-8-4-1-2-5-9(8)13-11(10)12/h1-2,4-5,13H,3,6-7H2. The highest BCUT2D eigenvalue weighted by molar-refractivity contribution is 7.99. The topological polar surface area (TPSA) is 32.9 Å². The summed E-state index contributed by atoms with van der Waals surface area (Å²) in [5.41, 5.74) is 1.89. The van der Waals surface area contributed by atoms with Crippen molar-refractivity contribution < 1.29 is 4.79 Å². The number of carbonyl (C=O) groups is 1. The second-order valence-corrected chi connectivity index (χ2v) is 4.86. The Hall–Kier alpha value is -1.22. The zero-order valence-corrected chi connectivity index (χ0v) is 9.06. The minimum absolute atomic E-state index is 0.256. The fourth-order valence-corrected chi connectivity index (χ4v) is 3.13. The third-order valence-corrected chi connectivity index (χ3v) is 3.94. The first kappa shape index (κ1) is 9.04. The van der Waals surface area contributed by atoms with E-state index in [9.17, 15) is 4.79 Å². The van der Waals surface area contributed by atoms with Crippen LogP contribution in [0.2, 0.25) is 0 Å². The highest BCUT2D eigenvalue weighted by Crippen LogP contribution is 2.35. The van der Waals surface area contributed by atoms with Crippen molar-refractivity contribution in [2.24, 2.45) is 0 Å². The van der Waals surface area contributed by atoms with Gasteiger partial charge in [-0.1, -0.05) is 18.2 Å². The summed E-state index contributed by atoms with van der Waals surface area (Å²) < 4.78 is 0. The van der Waals surface area contributed by atoms with Gasteiger partial charge in [-0.2, -0.15) is 0 Å². The van der Waals surface area contributed by atoms with Gasteiger partial charge < -0.3 is 4.98 Å². The number of aromatic nitrogens is 1. The molecule has 0 radical (unpaired) electrons. The molecule has 2 heterocycles. The van der Waals surface area contributed by atoms with Crippen molar-refractivity contribution in [1.82, 2.24) is 4.98 Å². The van der Waals surface area contributed by atoms with Crippen LogP contribution in [-0.4, -0.2) is 16.5 Å². The number of Topliss-reactive ketones (excluding diaryl/α,β-unsaturated/α-hetero) is 1. The molecule has 1 N–H and O–H groups in total. The van der Waals surface area contributed by atoms with Crippen LogP contribution in [0.1, 0.15) is 23.3 Å². The molecule has 3 rings (SSSR count). The number of thioether (sulfide) groups is 1. The summed E-state index contributed by atoms with van der Waals surface area (Å²) in [6.07, 6.45) is 1.66. The Bertz CT molecular complexity index is 529. The van der Waals surface area contributed by atoms with E-state index in [-0.39, 0.29) is 5.78 Å². The van der Waals surface area contributed by atoms with Gasteiger partial charge in [0.25, 0.3) is 0 Å². The number of ketones is 1. The Morgan fingerprint density at radius 3 is 3.07 bits per heavy atom. The maximum atomic E-state index is 11.8. The third-order valence-electron chi connectivity index (χ3n) is 2.73. The van der Waals surface area contributed by atoms with Crippen LogP contribution in [0.4, 0.5) is 0 Å². The molecule has 2 nitrogen and oxygen atoms in total. The number of nitrogens with one attached hydrogen (secondary N) is 1. The van der Waals surface area contributed by atoms with E-state index in [0.717, 1.165) is 28.3 Å². The molecule has 0 atom stereocenters. The summed E-state index contributed by atoms with van der Waals surface area (Å²) in [6.45, 7) is 0. The van der Waals surface area contributed by atoms with Gasteiger partial charge in [0.15, 0.2) is 5.78 Å². The molecule has 1 aromatic carbocycles. The minimum Gasteiger partial charge on any atom is -0.351 e. The van der Waals surface area contributed by atoms with E-state index in [0.29, 0.717) is 6.42 Å². The van der Waals surface area contributed by atoms with E-state index in [1.165, 1.54) is 5.39 Å². The van der Waals surface area contributed by atoms with Crippen molar-refractivity contribution in [3.05, 3.63) is 30.0 Å². The number of rotatable bonds is 0. The quantitative estimate of drug-likeness (QED) is 0.734. The average Bonchev–Trinajstić information content (AvgIpc) is 2.54. The Balaban J connectivity index is 2.30. The maximum absolute atomic E-state index is 11.8. The first-order valence-electron chi connectivity index (χ1n) is 5.13. The van der Waals surface area contributed by atoms with Crippen LogP contribution in [0.3, 0.4) is 0 Å². The van der Waals surface area contributed by atoms with E-state index in [1.807, 2.05) is 18.2 Å². The molecule has 0 spiro atoms. The highest BCUT2D eigenvalue weighted by atomic mass is 32.2. The molecule has 3 heteroatoms. The van der Waals surface area contributed by atoms with Crippen LogP contribution < -0.4 is 0 Å². The van der Waals surface area contributed by atoms with Crippen molar-refractivity contribution in [1.29, 1.82) is 0 Å². The van der Waals surface area contributed by atoms with Gasteiger partial charge in [0.1, 0.15) is 0 Å². The molecule has 0 saturated carbocycles. The normalized spacial score (nSPS) is 16.4. The van der Waals surface area contributed by atoms with Gasteiger partial charge in [-0.15, -0.1) is 11.8 Å². The molecule has 0 aliphatic carbocycles. The summed E-state index contributed by atoms with van der Waals surface area (Å²) in [5.74, 6) is 1.30. The SMILES string of the molecule is O=C1CCCSc2c1[nH]c1ccccc21. The van der Waals surface area contributed by atoms with E-state index < -0.39 is 0 Å². The average molecular weight is 217 g/mol. The number of para-hydroxylation sites is 1. The first-order valence-corrected chi connectivity index (χ1v) is 6.11. The molecule has 1 aliphatic rings. The number of hydrogen-bond donors (Lipinski definition) is 1. The van der Waals surface area contributed by atoms with E-state index in [1.54, 1.807) is 11.8 Å². The van der Waals surface area contributed by atoms with E-state index >= 15 is 0 Å². The van der Waals surface area contributed by atoms with Crippen molar-refractivity contribution in [2.75, 3.05) is 5.75 Å². The molecule has 0 fully saturated rings. The Kier molecular flexibility index (Phi) is 2.06. The molecule has 1 aliphatic heterocycles. The van der Waals surface area contributed by atoms with Gasteiger partial charge in [0.05, 0.1) is 5.69 Å². The third kappa shape index (κ3) is 1.38. The number of carbonyl (C=O) groups excluding carboxylic acids is 1. The number of hydrogen-bond acceptors (Lipinski definition) is 2. The van der Waals surface area contributed by atoms with Crippen LogP contribution >= 0.6 is 11.8 Å². The van der Waals surface area contributed by atoms with Crippen molar-refractivity contribution in [3.8, 4) is 0 Å². The zero-order chi connectivity index (χ0) is 10.3. The Morgan fingerprint density at radius 2 is 2.13 bits per heavy atom. The van der Waals surface area contributed by atoms with E-state index in [2.05, 4.69) is 11.1 Å². The monoisotopic (exact) mass is 217 g/mol. The van der Waals surface area contributed by atoms with Gasteiger partial charge >= 0.3 is 0 Å². The number of aromatic amines is 1. The van der Waals surface area contributed by atoms with Gasteiger partial charge in [-0.05, 0) is 18.2 Å². The summed E-state index contributed by atoms with van der Waals surface area (Å²) in [4.78, 5) is 16.2. The molecule has 1 aromatic heterocycles. The summed E-state index contributed by atoms with van der Waals surface area (Å²) in [6, 6.07) is 8.12. The van der Waals surface area contributed by atoms with Crippen LogP contribution in [0, 0.1) is 0 Å². The number of fused-ring (bicyclic) bond motifs is 3. The fraction of sp³-hybridized carbons (Fsp3) is 0.250. The zero-order valence-electron chi connectivity index (χ0n) is 8.25. The van der Waals surface area contributed by atoms with Gasteiger partial charge in [0, 0.05) is 22.2 Å². The lowest BCUT2D eigenvalue weighted by Gasteiger charge is -1.95. The van der Waals surface area contributed by atoms with Crippen LogP contribution in [-0.2, 0) is 0 Å². The summed E-state index contributed by atoms with van der Waals surface area (Å²) >= 11 is 1.80. The molecule has 0 bridgehead atoms. The lowest BCUT2D eigenvalue weighted by atomic mass is 10.2. The van der Waals surface area contributed by atoms with Crippen LogP contribution in [0.5, 0.6) is 0 Å². The molecule has 0 amide bonds. The fourth-order valence-electron chi connectivity index (χ4n) is 1.99. The highest BCUT2D eigenvalue weighted by Gasteiger charge is 2.20. The molecular weight excluding hydrogens is 206 g/mol. The maximum Gasteiger partial charge on any atom is 0.180 e. The summed E-state index contributed by atoms with van der Waals surface area (Å²) in [7, 11) is 0. The van der Waals surface area contributed by atoms with Gasteiger partial charge in [-0.3, -0.25) is 4.79 Å². The molecule has 76 valence electrons. The number of benzene rings is 1. The van der Waals surface area contributed by atoms with E-state index in [4.69, 9.17) is 0 Å². The molecular formula is C12H11NOS. The van der Waals surface area contributed by atoms with Gasteiger partial charge in [-0.25, -0.2) is 0 Å². The molecule has 15 heavy (non-hydrogen) atoms. The lowest BCUT2D eigenvalue weighted by molar-refractivity contribution is 0.0976. The summed E-state index contributed by atoms with van der Waals surface area (Å²) in [5, 5.41) is 1.19. The largest absolute Gasteiger partial charge is 0.351 e. The smallest absolute Gasteiger partial charge is 0.180 e. The lowest BCUT2D eigenvalue weighted by Crippen LogP contribution is -1.98. The van der Waals surface area contributed by atoms with Crippen molar-refractivity contribution >= 4 is 28.4 Å².